The second-order valence-corrected chi connectivity index (χ2v) is 11.2. The van der Waals surface area contributed by atoms with E-state index >= 15 is 0 Å². The minimum Gasteiger partial charge on any atom is -0.381 e. The molecule has 13 heteroatoms. The lowest BCUT2D eigenvalue weighted by atomic mass is 10.0. The van der Waals surface area contributed by atoms with Gasteiger partial charge in [-0.25, -0.2) is 8.42 Å². The van der Waals surface area contributed by atoms with Crippen LogP contribution in [0.1, 0.15) is 48.8 Å². The lowest BCUT2D eigenvalue weighted by Gasteiger charge is -2.29. The smallest absolute Gasteiger partial charge is 0.381 e. The van der Waals surface area contributed by atoms with Crippen LogP contribution in [0.2, 0.25) is 0 Å². The van der Waals surface area contributed by atoms with Gasteiger partial charge in [0, 0.05) is 38.1 Å². The van der Waals surface area contributed by atoms with Gasteiger partial charge in [0.05, 0.1) is 11.1 Å². The minimum absolute atomic E-state index is 0.00501. The standard InChI is InChI=1S/C21H26F6N2O4S/c1-34(31,32)19(5-2-17(11-19)29-16-3-6-33-7-4-16)18(30)28-12-13-8-14(20(22,23)24)10-15(9-13)21(25,26)27/h8-10,16-17,29H,2-7,11-12H2,1H3,(H,28,30). The van der Waals surface area contributed by atoms with Gasteiger partial charge in [0.25, 0.3) is 0 Å². The van der Waals surface area contributed by atoms with Crippen molar-refractivity contribution in [2.45, 2.75) is 67.8 Å². The summed E-state index contributed by atoms with van der Waals surface area (Å²) >= 11 is 0. The molecule has 0 aromatic heterocycles. The van der Waals surface area contributed by atoms with E-state index in [2.05, 4.69) is 10.6 Å². The minimum atomic E-state index is -5.03. The molecule has 6 nitrogen and oxygen atoms in total. The Morgan fingerprint density at radius 1 is 1.00 bits per heavy atom. The molecule has 2 unspecified atom stereocenters. The zero-order valence-electron chi connectivity index (χ0n) is 18.4. The first-order chi connectivity index (χ1) is 15.6. The Labute approximate surface area is 193 Å². The zero-order valence-corrected chi connectivity index (χ0v) is 19.2. The van der Waals surface area contributed by atoms with Crippen molar-refractivity contribution >= 4 is 15.7 Å². The first-order valence-corrected chi connectivity index (χ1v) is 12.6. The third-order valence-electron chi connectivity index (χ3n) is 6.39. The summed E-state index contributed by atoms with van der Waals surface area (Å²) in [6.45, 7) is 0.457. The fraction of sp³-hybridized carbons (Fsp3) is 0.667. The van der Waals surface area contributed by atoms with Crippen molar-refractivity contribution in [3.8, 4) is 0 Å². The first-order valence-electron chi connectivity index (χ1n) is 10.7. The Hall–Kier alpha value is -1.86. The second-order valence-electron chi connectivity index (χ2n) is 8.86. The summed E-state index contributed by atoms with van der Waals surface area (Å²) in [6.07, 6.45) is -7.31. The van der Waals surface area contributed by atoms with Crippen LogP contribution < -0.4 is 10.6 Å². The molecule has 1 aliphatic heterocycles. The number of carbonyl (C=O) groups is 1. The van der Waals surface area contributed by atoms with Crippen LogP contribution in [0.3, 0.4) is 0 Å². The lowest BCUT2D eigenvalue weighted by molar-refractivity contribution is -0.143. The Kier molecular flexibility index (Phi) is 7.59. The van der Waals surface area contributed by atoms with Crippen molar-refractivity contribution in [3.63, 3.8) is 0 Å². The molecule has 192 valence electrons. The van der Waals surface area contributed by atoms with Gasteiger partial charge in [-0.2, -0.15) is 26.3 Å². The highest BCUT2D eigenvalue weighted by atomic mass is 32.2. The lowest BCUT2D eigenvalue weighted by Crippen LogP contribution is -2.51. The van der Waals surface area contributed by atoms with E-state index in [1.165, 1.54) is 0 Å². The summed E-state index contributed by atoms with van der Waals surface area (Å²) in [5.74, 6) is -0.933. The van der Waals surface area contributed by atoms with Gasteiger partial charge in [0.1, 0.15) is 0 Å². The summed E-state index contributed by atoms with van der Waals surface area (Å²) in [5.41, 5.74) is -3.45. The monoisotopic (exact) mass is 516 g/mol. The Bertz CT molecular complexity index is 973. The van der Waals surface area contributed by atoms with E-state index < -0.39 is 56.1 Å². The van der Waals surface area contributed by atoms with Gasteiger partial charge in [-0.3, -0.25) is 4.79 Å². The summed E-state index contributed by atoms with van der Waals surface area (Å²) in [4.78, 5) is 13.0. The first kappa shape index (κ1) is 26.7. The third kappa shape index (κ3) is 6.03. The number of carbonyl (C=O) groups excluding carboxylic acids is 1. The molecule has 0 radical (unpaired) electrons. The van der Waals surface area contributed by atoms with Gasteiger partial charge < -0.3 is 15.4 Å². The van der Waals surface area contributed by atoms with Gasteiger partial charge in [-0.15, -0.1) is 0 Å². The van der Waals surface area contributed by atoms with Crippen LogP contribution in [0, 0.1) is 0 Å². The van der Waals surface area contributed by atoms with E-state index in [0.29, 0.717) is 31.8 Å². The number of ether oxygens (including phenoxy) is 1. The largest absolute Gasteiger partial charge is 0.416 e. The molecular formula is C21H26F6N2O4S. The number of benzene rings is 1. The van der Waals surface area contributed by atoms with Crippen molar-refractivity contribution < 1.29 is 44.3 Å². The van der Waals surface area contributed by atoms with Gasteiger partial charge in [0.2, 0.25) is 5.91 Å². The quantitative estimate of drug-likeness (QED) is 0.566. The fourth-order valence-electron chi connectivity index (χ4n) is 4.53. The predicted octanol–water partition coefficient (Wildman–Crippen LogP) is 3.44. The van der Waals surface area contributed by atoms with Gasteiger partial charge >= 0.3 is 12.4 Å². The second kappa shape index (κ2) is 9.65. The number of nitrogens with one attached hydrogen (secondary N) is 2. The fourth-order valence-corrected chi connectivity index (χ4v) is 5.93. The average molecular weight is 517 g/mol. The summed E-state index contributed by atoms with van der Waals surface area (Å²) in [7, 11) is -3.94. The zero-order chi connectivity index (χ0) is 25.4. The number of amides is 1. The van der Waals surface area contributed by atoms with E-state index in [0.717, 1.165) is 19.1 Å². The van der Waals surface area contributed by atoms with E-state index in [4.69, 9.17) is 4.74 Å². The number of alkyl halides is 6. The molecule has 1 amide bonds. The van der Waals surface area contributed by atoms with Crippen LogP contribution >= 0.6 is 0 Å². The normalized spacial score (nSPS) is 24.9. The van der Waals surface area contributed by atoms with Crippen LogP contribution in [0.15, 0.2) is 18.2 Å². The van der Waals surface area contributed by atoms with Crippen LogP contribution in [0.4, 0.5) is 26.3 Å². The molecule has 2 atom stereocenters. The van der Waals surface area contributed by atoms with Crippen LogP contribution in [0.5, 0.6) is 0 Å². The SMILES string of the molecule is CS(=O)(=O)C1(C(=O)NCc2cc(C(F)(F)F)cc(C(F)(F)F)c2)CCC(NC2CCOCC2)C1. The number of hydrogen-bond donors (Lipinski definition) is 2. The predicted molar refractivity (Wildman–Crippen MR) is 110 cm³/mol. The molecule has 1 heterocycles. The molecular weight excluding hydrogens is 490 g/mol. The number of hydrogen-bond acceptors (Lipinski definition) is 5. The topological polar surface area (TPSA) is 84.5 Å². The Morgan fingerprint density at radius 3 is 2.06 bits per heavy atom. The Balaban J connectivity index is 1.77. The summed E-state index contributed by atoms with van der Waals surface area (Å²) < 4.78 is 107. The van der Waals surface area contributed by atoms with Crippen LogP contribution in [-0.4, -0.2) is 50.6 Å². The van der Waals surface area contributed by atoms with Crippen molar-refractivity contribution in [1.29, 1.82) is 0 Å². The molecule has 2 fully saturated rings. The third-order valence-corrected chi connectivity index (χ3v) is 8.37. The van der Waals surface area contributed by atoms with Crippen molar-refractivity contribution in [2.75, 3.05) is 19.5 Å². The van der Waals surface area contributed by atoms with E-state index in [1.54, 1.807) is 0 Å². The molecule has 1 aliphatic carbocycles. The highest BCUT2D eigenvalue weighted by molar-refractivity contribution is 7.92. The van der Waals surface area contributed by atoms with E-state index in [9.17, 15) is 39.6 Å². The molecule has 2 aliphatic rings. The Morgan fingerprint density at radius 2 is 1.56 bits per heavy atom. The van der Waals surface area contributed by atoms with Gasteiger partial charge in [-0.05, 0) is 55.9 Å². The van der Waals surface area contributed by atoms with Crippen molar-refractivity contribution in [2.24, 2.45) is 0 Å². The highest BCUT2D eigenvalue weighted by Crippen LogP contribution is 2.39. The van der Waals surface area contributed by atoms with Crippen LogP contribution in [-0.2, 0) is 38.3 Å². The van der Waals surface area contributed by atoms with Crippen molar-refractivity contribution in [1.82, 2.24) is 10.6 Å². The maximum Gasteiger partial charge on any atom is 0.416 e. The van der Waals surface area contributed by atoms with Crippen LogP contribution in [0.25, 0.3) is 0 Å². The number of sulfone groups is 1. The maximum absolute atomic E-state index is 13.1. The molecule has 1 aromatic carbocycles. The molecule has 1 aromatic rings. The molecule has 34 heavy (non-hydrogen) atoms. The molecule has 2 N–H and O–H groups in total. The average Bonchev–Trinajstić information content (AvgIpc) is 3.16. The van der Waals surface area contributed by atoms with Gasteiger partial charge in [0.15, 0.2) is 14.6 Å². The summed E-state index contributed by atoms with van der Waals surface area (Å²) in [5, 5.41) is 5.62. The molecule has 0 spiro atoms. The molecule has 1 saturated carbocycles. The molecule has 0 bridgehead atoms. The van der Waals surface area contributed by atoms with Gasteiger partial charge in [-0.1, -0.05) is 0 Å². The highest BCUT2D eigenvalue weighted by Gasteiger charge is 2.53. The van der Waals surface area contributed by atoms with E-state index in [-0.39, 0.29) is 31.0 Å². The molecule has 1 saturated heterocycles. The van der Waals surface area contributed by atoms with E-state index in [1.807, 2.05) is 0 Å². The maximum atomic E-state index is 13.1. The molecule has 3 rings (SSSR count). The number of rotatable bonds is 6. The summed E-state index contributed by atoms with van der Waals surface area (Å²) in [6, 6.07) is 0.851. The van der Waals surface area contributed by atoms with Crippen molar-refractivity contribution in [3.05, 3.63) is 34.9 Å². The number of halogens is 6.